The summed E-state index contributed by atoms with van der Waals surface area (Å²) in [5.74, 6) is -0.00952. The first-order valence-corrected chi connectivity index (χ1v) is 7.94. The van der Waals surface area contributed by atoms with E-state index >= 15 is 0 Å². The highest BCUT2D eigenvalue weighted by Gasteiger charge is 2.29. The summed E-state index contributed by atoms with van der Waals surface area (Å²) in [5, 5.41) is 2.88. The van der Waals surface area contributed by atoms with Crippen LogP contribution in [0.2, 0.25) is 0 Å². The summed E-state index contributed by atoms with van der Waals surface area (Å²) in [7, 11) is 0. The van der Waals surface area contributed by atoms with Gasteiger partial charge < -0.3 is 19.9 Å². The van der Waals surface area contributed by atoms with E-state index in [0.29, 0.717) is 13.2 Å². The summed E-state index contributed by atoms with van der Waals surface area (Å²) < 4.78 is 5.36. The fourth-order valence-corrected chi connectivity index (χ4v) is 2.82. The van der Waals surface area contributed by atoms with Crippen LogP contribution in [0.15, 0.2) is 24.3 Å². The van der Waals surface area contributed by atoms with Gasteiger partial charge in [-0.2, -0.15) is 0 Å². The second kappa shape index (κ2) is 6.87. The van der Waals surface area contributed by atoms with Gasteiger partial charge in [0.2, 0.25) is 5.91 Å². The molecule has 7 nitrogen and oxygen atoms in total. The lowest BCUT2D eigenvalue weighted by atomic mass is 10.2. The Balaban J connectivity index is 1.63. The number of hydrogen-bond donors (Lipinski definition) is 1. The van der Waals surface area contributed by atoms with E-state index in [-0.39, 0.29) is 18.5 Å². The number of nitrogens with zero attached hydrogens (tertiary/aromatic N) is 3. The lowest BCUT2D eigenvalue weighted by molar-refractivity contribution is -0.126. The van der Waals surface area contributed by atoms with Gasteiger partial charge >= 0.3 is 6.03 Å². The van der Waals surface area contributed by atoms with Crippen LogP contribution in [0.25, 0.3) is 0 Å². The molecule has 0 aromatic heterocycles. The fourth-order valence-electron chi connectivity index (χ4n) is 2.82. The van der Waals surface area contributed by atoms with Crippen LogP contribution in [0.4, 0.5) is 16.2 Å². The molecule has 2 heterocycles. The van der Waals surface area contributed by atoms with Gasteiger partial charge in [-0.05, 0) is 25.1 Å². The van der Waals surface area contributed by atoms with Crippen molar-refractivity contribution in [3.63, 3.8) is 0 Å². The predicted octanol–water partition coefficient (Wildman–Crippen LogP) is 1.18. The molecule has 0 aliphatic carbocycles. The Labute approximate surface area is 135 Å². The molecule has 2 aliphatic heterocycles. The SMILES string of the molecule is CCN1CN(C(=O)Nc2cccc(N3CCOCC3)c2)CC1=O. The van der Waals surface area contributed by atoms with Gasteiger partial charge in [-0.1, -0.05) is 6.07 Å². The first kappa shape index (κ1) is 15.6. The van der Waals surface area contributed by atoms with Crippen molar-refractivity contribution in [1.29, 1.82) is 0 Å². The van der Waals surface area contributed by atoms with Crippen molar-refractivity contribution < 1.29 is 14.3 Å². The molecule has 2 fully saturated rings. The van der Waals surface area contributed by atoms with Gasteiger partial charge in [0.15, 0.2) is 0 Å². The molecule has 3 rings (SSSR count). The van der Waals surface area contributed by atoms with Gasteiger partial charge in [0.25, 0.3) is 0 Å². The summed E-state index contributed by atoms with van der Waals surface area (Å²) in [6, 6.07) is 7.52. The van der Waals surface area contributed by atoms with Crippen molar-refractivity contribution in [3.05, 3.63) is 24.3 Å². The second-order valence-corrected chi connectivity index (χ2v) is 5.67. The summed E-state index contributed by atoms with van der Waals surface area (Å²) in [6.45, 7) is 6.17. The molecule has 1 N–H and O–H groups in total. The van der Waals surface area contributed by atoms with Crippen LogP contribution < -0.4 is 10.2 Å². The highest BCUT2D eigenvalue weighted by molar-refractivity contribution is 5.94. The second-order valence-electron chi connectivity index (χ2n) is 5.67. The minimum absolute atomic E-state index is 0.00952. The Morgan fingerprint density at radius 2 is 2.09 bits per heavy atom. The Bertz CT molecular complexity index is 586. The Hall–Kier alpha value is -2.28. The number of urea groups is 1. The van der Waals surface area contributed by atoms with Gasteiger partial charge in [0.1, 0.15) is 6.54 Å². The molecule has 7 heteroatoms. The number of morpholine rings is 1. The van der Waals surface area contributed by atoms with E-state index in [9.17, 15) is 9.59 Å². The van der Waals surface area contributed by atoms with E-state index in [1.54, 1.807) is 4.90 Å². The maximum absolute atomic E-state index is 12.3. The number of amides is 3. The number of likely N-dealkylation sites (N-methyl/N-ethyl adjacent to an activating group) is 1. The third-order valence-electron chi connectivity index (χ3n) is 4.16. The molecule has 23 heavy (non-hydrogen) atoms. The van der Waals surface area contributed by atoms with E-state index in [0.717, 1.165) is 37.7 Å². The van der Waals surface area contributed by atoms with Gasteiger partial charge in [-0.15, -0.1) is 0 Å². The highest BCUT2D eigenvalue weighted by Crippen LogP contribution is 2.21. The van der Waals surface area contributed by atoms with E-state index in [1.807, 2.05) is 31.2 Å². The molecule has 1 aromatic carbocycles. The molecule has 2 saturated heterocycles. The molecular formula is C16H22N4O3. The quantitative estimate of drug-likeness (QED) is 0.909. The molecule has 1 aromatic rings. The van der Waals surface area contributed by atoms with Crippen LogP contribution in [0.5, 0.6) is 0 Å². The van der Waals surface area contributed by atoms with Crippen molar-refractivity contribution in [1.82, 2.24) is 9.80 Å². The summed E-state index contributed by atoms with van der Waals surface area (Å²) >= 11 is 0. The van der Waals surface area contributed by atoms with E-state index in [1.165, 1.54) is 4.90 Å². The number of carbonyl (C=O) groups excluding carboxylic acids is 2. The van der Waals surface area contributed by atoms with Gasteiger partial charge in [-0.3, -0.25) is 9.69 Å². The van der Waals surface area contributed by atoms with Gasteiger partial charge in [0.05, 0.1) is 19.9 Å². The van der Waals surface area contributed by atoms with Gasteiger partial charge in [0, 0.05) is 31.0 Å². The Morgan fingerprint density at radius 3 is 2.78 bits per heavy atom. The highest BCUT2D eigenvalue weighted by atomic mass is 16.5. The smallest absolute Gasteiger partial charge is 0.323 e. The third-order valence-corrected chi connectivity index (χ3v) is 4.16. The number of anilines is 2. The maximum Gasteiger partial charge on any atom is 0.323 e. The van der Waals surface area contributed by atoms with Crippen molar-refractivity contribution >= 4 is 23.3 Å². The Kier molecular flexibility index (Phi) is 4.66. The molecule has 0 unspecified atom stereocenters. The molecule has 0 saturated carbocycles. The van der Waals surface area contributed by atoms with E-state index in [4.69, 9.17) is 4.74 Å². The van der Waals surface area contributed by atoms with Crippen LogP contribution in [0.3, 0.4) is 0 Å². The topological polar surface area (TPSA) is 65.1 Å². The minimum Gasteiger partial charge on any atom is -0.378 e. The molecule has 3 amide bonds. The number of benzene rings is 1. The first-order valence-electron chi connectivity index (χ1n) is 7.94. The predicted molar refractivity (Wildman–Crippen MR) is 87.5 cm³/mol. The number of carbonyl (C=O) groups is 2. The zero-order valence-electron chi connectivity index (χ0n) is 13.3. The van der Waals surface area contributed by atoms with Crippen molar-refractivity contribution in [3.8, 4) is 0 Å². The molecule has 124 valence electrons. The first-order chi connectivity index (χ1) is 11.2. The lowest BCUT2D eigenvalue weighted by Crippen LogP contribution is -2.36. The number of ether oxygens (including phenoxy) is 1. The van der Waals surface area contributed by atoms with Gasteiger partial charge in [-0.25, -0.2) is 4.79 Å². The van der Waals surface area contributed by atoms with Crippen LogP contribution in [-0.4, -0.2) is 67.8 Å². The zero-order chi connectivity index (χ0) is 16.2. The lowest BCUT2D eigenvalue weighted by Gasteiger charge is -2.29. The van der Waals surface area contributed by atoms with Crippen LogP contribution in [0, 0.1) is 0 Å². The summed E-state index contributed by atoms with van der Waals surface area (Å²) in [6.07, 6.45) is 0. The normalized spacial score (nSPS) is 18.5. The fraction of sp³-hybridized carbons (Fsp3) is 0.500. The van der Waals surface area contributed by atoms with Crippen LogP contribution >= 0.6 is 0 Å². The molecule has 0 spiro atoms. The molecule has 0 radical (unpaired) electrons. The largest absolute Gasteiger partial charge is 0.378 e. The average molecular weight is 318 g/mol. The van der Waals surface area contributed by atoms with E-state index < -0.39 is 0 Å². The monoisotopic (exact) mass is 318 g/mol. The number of rotatable bonds is 3. The van der Waals surface area contributed by atoms with Crippen molar-refractivity contribution in [2.24, 2.45) is 0 Å². The summed E-state index contributed by atoms with van der Waals surface area (Å²) in [5.41, 5.74) is 1.81. The Morgan fingerprint density at radius 1 is 1.30 bits per heavy atom. The van der Waals surface area contributed by atoms with Crippen LogP contribution in [-0.2, 0) is 9.53 Å². The summed E-state index contributed by atoms with van der Waals surface area (Å²) in [4.78, 5) is 29.4. The average Bonchev–Trinajstić information content (AvgIpc) is 2.97. The standard InChI is InChI=1S/C16H22N4O3/c1-2-18-12-20(11-15(18)21)16(22)17-13-4-3-5-14(10-13)19-6-8-23-9-7-19/h3-5,10H,2,6-9,11-12H2,1H3,(H,17,22). The van der Waals surface area contributed by atoms with Crippen molar-refractivity contribution in [2.75, 3.05) is 56.3 Å². The van der Waals surface area contributed by atoms with Crippen LogP contribution in [0.1, 0.15) is 6.92 Å². The maximum atomic E-state index is 12.3. The zero-order valence-corrected chi connectivity index (χ0v) is 13.3. The molecular weight excluding hydrogens is 296 g/mol. The van der Waals surface area contributed by atoms with E-state index in [2.05, 4.69) is 10.2 Å². The van der Waals surface area contributed by atoms with Crippen molar-refractivity contribution in [2.45, 2.75) is 6.92 Å². The number of hydrogen-bond acceptors (Lipinski definition) is 4. The number of nitrogens with one attached hydrogen (secondary N) is 1. The minimum atomic E-state index is -0.242. The molecule has 2 aliphatic rings. The third kappa shape index (κ3) is 3.56. The molecule has 0 atom stereocenters. The molecule has 0 bridgehead atoms.